The first-order chi connectivity index (χ1) is 13.2. The van der Waals surface area contributed by atoms with Crippen LogP contribution < -0.4 is 0 Å². The van der Waals surface area contributed by atoms with Crippen LogP contribution in [0.1, 0.15) is 42.4 Å². The van der Waals surface area contributed by atoms with Gasteiger partial charge in [-0.2, -0.15) is 0 Å². The number of rotatable bonds is 7. The van der Waals surface area contributed by atoms with Gasteiger partial charge in [-0.25, -0.2) is 14.4 Å². The van der Waals surface area contributed by atoms with E-state index in [1.165, 1.54) is 25.0 Å². The normalized spacial score (nSPS) is 13.9. The summed E-state index contributed by atoms with van der Waals surface area (Å²) in [6, 6.07) is 9.69. The fourth-order valence-electron chi connectivity index (χ4n) is 3.37. The van der Waals surface area contributed by atoms with Crippen LogP contribution in [0, 0.1) is 11.7 Å². The molecule has 2 aromatic heterocycles. The molecular formula is C21H23FN4O. The number of amides is 1. The van der Waals surface area contributed by atoms with Crippen molar-refractivity contribution in [2.75, 3.05) is 6.54 Å². The van der Waals surface area contributed by atoms with Gasteiger partial charge in [0.05, 0.1) is 6.54 Å². The van der Waals surface area contributed by atoms with Crippen LogP contribution in [-0.2, 0) is 13.1 Å². The Balaban J connectivity index is 1.66. The van der Waals surface area contributed by atoms with Crippen LogP contribution in [0.25, 0.3) is 11.2 Å². The maximum absolute atomic E-state index is 13.6. The van der Waals surface area contributed by atoms with Crippen molar-refractivity contribution in [3.63, 3.8) is 0 Å². The quantitative estimate of drug-likeness (QED) is 0.634. The lowest BCUT2D eigenvalue weighted by Crippen LogP contribution is -2.32. The molecule has 0 unspecified atom stereocenters. The van der Waals surface area contributed by atoms with E-state index in [0.717, 1.165) is 30.0 Å². The Morgan fingerprint density at radius 2 is 2.15 bits per heavy atom. The Morgan fingerprint density at radius 3 is 2.89 bits per heavy atom. The molecule has 1 amide bonds. The zero-order chi connectivity index (χ0) is 18.8. The highest BCUT2D eigenvalue weighted by Gasteiger charge is 2.26. The fraction of sp³-hybridized carbons (Fsp3) is 0.381. The number of aromatic nitrogens is 3. The van der Waals surface area contributed by atoms with Gasteiger partial charge in [0.15, 0.2) is 5.65 Å². The van der Waals surface area contributed by atoms with Crippen molar-refractivity contribution < 1.29 is 9.18 Å². The molecule has 2 heterocycles. The van der Waals surface area contributed by atoms with E-state index in [-0.39, 0.29) is 5.91 Å². The third kappa shape index (κ3) is 3.84. The van der Waals surface area contributed by atoms with Crippen molar-refractivity contribution in [2.24, 2.45) is 5.92 Å². The number of benzene rings is 1. The van der Waals surface area contributed by atoms with Gasteiger partial charge in [0.2, 0.25) is 0 Å². The minimum Gasteiger partial charge on any atom is -0.331 e. The molecule has 5 nitrogen and oxygen atoms in total. The first-order valence-electron chi connectivity index (χ1n) is 9.50. The lowest BCUT2D eigenvalue weighted by Gasteiger charge is -2.22. The molecule has 0 bridgehead atoms. The number of imidazole rings is 1. The molecule has 1 fully saturated rings. The summed E-state index contributed by atoms with van der Waals surface area (Å²) in [7, 11) is 0. The standard InChI is InChI=1S/C21H23FN4O/c1-2-11-25(21(27)16-5-3-6-17(22)12-16)14-19-24-18-7-4-10-23-20(18)26(19)13-15-8-9-15/h3-7,10,12,15H,2,8-9,11,13-14H2,1H3. The van der Waals surface area contributed by atoms with Crippen LogP contribution in [0.15, 0.2) is 42.6 Å². The summed E-state index contributed by atoms with van der Waals surface area (Å²) in [5, 5.41) is 0. The average molecular weight is 366 g/mol. The van der Waals surface area contributed by atoms with E-state index in [0.29, 0.717) is 24.6 Å². The lowest BCUT2D eigenvalue weighted by atomic mass is 10.2. The van der Waals surface area contributed by atoms with Crippen molar-refractivity contribution in [1.29, 1.82) is 0 Å². The summed E-state index contributed by atoms with van der Waals surface area (Å²) in [5.41, 5.74) is 2.09. The van der Waals surface area contributed by atoms with Crippen LogP contribution in [0.2, 0.25) is 0 Å². The van der Waals surface area contributed by atoms with Gasteiger partial charge >= 0.3 is 0 Å². The first kappa shape index (κ1) is 17.6. The van der Waals surface area contributed by atoms with Crippen molar-refractivity contribution in [3.8, 4) is 0 Å². The molecule has 1 aliphatic carbocycles. The predicted molar refractivity (Wildman–Crippen MR) is 102 cm³/mol. The van der Waals surface area contributed by atoms with E-state index in [2.05, 4.69) is 9.55 Å². The molecule has 140 valence electrons. The molecule has 3 aromatic rings. The molecule has 27 heavy (non-hydrogen) atoms. The summed E-state index contributed by atoms with van der Waals surface area (Å²) in [4.78, 5) is 23.9. The summed E-state index contributed by atoms with van der Waals surface area (Å²) >= 11 is 0. The number of hydrogen-bond donors (Lipinski definition) is 0. The zero-order valence-electron chi connectivity index (χ0n) is 15.4. The lowest BCUT2D eigenvalue weighted by molar-refractivity contribution is 0.0736. The van der Waals surface area contributed by atoms with Crippen LogP contribution >= 0.6 is 0 Å². The van der Waals surface area contributed by atoms with E-state index in [1.54, 1.807) is 23.2 Å². The van der Waals surface area contributed by atoms with E-state index in [1.807, 2.05) is 19.1 Å². The van der Waals surface area contributed by atoms with Gasteiger partial charge in [-0.1, -0.05) is 13.0 Å². The average Bonchev–Trinajstić information content (AvgIpc) is 3.43. The second-order valence-electron chi connectivity index (χ2n) is 7.17. The smallest absolute Gasteiger partial charge is 0.254 e. The fourth-order valence-corrected chi connectivity index (χ4v) is 3.37. The second-order valence-corrected chi connectivity index (χ2v) is 7.17. The molecular weight excluding hydrogens is 343 g/mol. The third-order valence-electron chi connectivity index (χ3n) is 4.91. The molecule has 0 radical (unpaired) electrons. The van der Waals surface area contributed by atoms with Gasteiger partial charge in [-0.3, -0.25) is 4.79 Å². The molecule has 1 aliphatic rings. The minimum absolute atomic E-state index is 0.172. The maximum atomic E-state index is 13.6. The SMILES string of the molecule is CCCN(Cc1nc2cccnc2n1CC1CC1)C(=O)c1cccc(F)c1. The number of carbonyl (C=O) groups is 1. The highest BCUT2D eigenvalue weighted by Crippen LogP contribution is 2.32. The topological polar surface area (TPSA) is 51.0 Å². The number of nitrogens with zero attached hydrogens (tertiary/aromatic N) is 4. The third-order valence-corrected chi connectivity index (χ3v) is 4.91. The number of pyridine rings is 1. The summed E-state index contributed by atoms with van der Waals surface area (Å²) in [6.45, 7) is 3.90. The Kier molecular flexibility index (Phi) is 4.88. The van der Waals surface area contributed by atoms with E-state index >= 15 is 0 Å². The van der Waals surface area contributed by atoms with Crippen molar-refractivity contribution in [2.45, 2.75) is 39.3 Å². The number of hydrogen-bond acceptors (Lipinski definition) is 3. The molecule has 0 N–H and O–H groups in total. The Hall–Kier alpha value is -2.76. The largest absolute Gasteiger partial charge is 0.331 e. The van der Waals surface area contributed by atoms with Gasteiger partial charge in [0.25, 0.3) is 5.91 Å². The van der Waals surface area contributed by atoms with Crippen molar-refractivity contribution >= 4 is 17.1 Å². The van der Waals surface area contributed by atoms with E-state index in [4.69, 9.17) is 4.98 Å². The molecule has 0 atom stereocenters. The van der Waals surface area contributed by atoms with E-state index in [9.17, 15) is 9.18 Å². The molecule has 0 spiro atoms. The maximum Gasteiger partial charge on any atom is 0.254 e. The number of fused-ring (bicyclic) bond motifs is 1. The Labute approximate surface area is 157 Å². The molecule has 0 saturated heterocycles. The molecule has 1 aromatic carbocycles. The number of carbonyl (C=O) groups excluding carboxylic acids is 1. The second kappa shape index (κ2) is 7.47. The monoisotopic (exact) mass is 366 g/mol. The summed E-state index contributed by atoms with van der Waals surface area (Å²) < 4.78 is 15.7. The van der Waals surface area contributed by atoms with Gasteiger partial charge in [0, 0.05) is 24.8 Å². The van der Waals surface area contributed by atoms with Crippen LogP contribution in [0.3, 0.4) is 0 Å². The van der Waals surface area contributed by atoms with Gasteiger partial charge in [0.1, 0.15) is 17.2 Å². The minimum atomic E-state index is -0.400. The molecule has 4 rings (SSSR count). The Bertz CT molecular complexity index is 964. The van der Waals surface area contributed by atoms with Crippen molar-refractivity contribution in [3.05, 3.63) is 59.8 Å². The van der Waals surface area contributed by atoms with Crippen LogP contribution in [0.4, 0.5) is 4.39 Å². The van der Waals surface area contributed by atoms with Crippen LogP contribution in [0.5, 0.6) is 0 Å². The Morgan fingerprint density at radius 1 is 1.30 bits per heavy atom. The highest BCUT2D eigenvalue weighted by atomic mass is 19.1. The molecule has 0 aliphatic heterocycles. The summed E-state index contributed by atoms with van der Waals surface area (Å²) in [5.74, 6) is 0.937. The van der Waals surface area contributed by atoms with Gasteiger partial charge in [-0.15, -0.1) is 0 Å². The first-order valence-corrected chi connectivity index (χ1v) is 9.50. The molecule has 1 saturated carbocycles. The highest BCUT2D eigenvalue weighted by molar-refractivity contribution is 5.94. The zero-order valence-corrected chi connectivity index (χ0v) is 15.4. The molecule has 6 heteroatoms. The predicted octanol–water partition coefficient (Wildman–Crippen LogP) is 4.03. The van der Waals surface area contributed by atoms with Crippen LogP contribution in [-0.4, -0.2) is 31.9 Å². The number of halogens is 1. The van der Waals surface area contributed by atoms with E-state index < -0.39 is 5.82 Å². The summed E-state index contributed by atoms with van der Waals surface area (Å²) in [6.07, 6.45) is 5.06. The van der Waals surface area contributed by atoms with Crippen molar-refractivity contribution in [1.82, 2.24) is 19.4 Å². The van der Waals surface area contributed by atoms with Gasteiger partial charge < -0.3 is 9.47 Å². The van der Waals surface area contributed by atoms with Gasteiger partial charge in [-0.05, 0) is 55.5 Å².